The summed E-state index contributed by atoms with van der Waals surface area (Å²) in [4.78, 5) is 11.6. The second-order valence-corrected chi connectivity index (χ2v) is 13.2. The molecule has 4 heteroatoms. The van der Waals surface area contributed by atoms with Gasteiger partial charge in [-0.3, -0.25) is 0 Å². The van der Waals surface area contributed by atoms with Gasteiger partial charge in [0.2, 0.25) is 0 Å². The van der Waals surface area contributed by atoms with E-state index in [1.165, 1.54) is 148 Å². The molecular formula is C37H64O4. The lowest BCUT2D eigenvalue weighted by Gasteiger charge is -2.02. The minimum atomic E-state index is -0.0995. The molecule has 0 saturated carbocycles. The number of epoxide rings is 2. The van der Waals surface area contributed by atoms with E-state index < -0.39 is 0 Å². The summed E-state index contributed by atoms with van der Waals surface area (Å²) in [5.41, 5.74) is 0.889. The first-order valence-corrected chi connectivity index (χ1v) is 18.0. The summed E-state index contributed by atoms with van der Waals surface area (Å²) >= 11 is 0. The molecule has 0 radical (unpaired) electrons. The van der Waals surface area contributed by atoms with Gasteiger partial charge in [-0.1, -0.05) is 122 Å². The van der Waals surface area contributed by atoms with Gasteiger partial charge in [0.15, 0.2) is 0 Å². The predicted molar refractivity (Wildman–Crippen MR) is 171 cm³/mol. The maximum absolute atomic E-state index is 11.6. The Morgan fingerprint density at radius 3 is 1.66 bits per heavy atom. The topological polar surface area (TPSA) is 51.4 Å². The van der Waals surface area contributed by atoms with E-state index in [1.54, 1.807) is 0 Å². The van der Waals surface area contributed by atoms with E-state index in [1.807, 2.05) is 13.0 Å². The van der Waals surface area contributed by atoms with Crippen molar-refractivity contribution in [2.75, 3.05) is 0 Å². The lowest BCUT2D eigenvalue weighted by atomic mass is 10.0. The molecule has 3 aliphatic rings. The van der Waals surface area contributed by atoms with Crippen LogP contribution in [0.3, 0.4) is 0 Å². The van der Waals surface area contributed by atoms with Crippen molar-refractivity contribution in [1.82, 2.24) is 0 Å². The highest BCUT2D eigenvalue weighted by atomic mass is 16.6. The van der Waals surface area contributed by atoms with Crippen LogP contribution in [0.5, 0.6) is 0 Å². The molecule has 0 aromatic carbocycles. The van der Waals surface area contributed by atoms with E-state index in [0.29, 0.717) is 24.4 Å². The van der Waals surface area contributed by atoms with Crippen LogP contribution in [-0.2, 0) is 19.0 Å². The van der Waals surface area contributed by atoms with Crippen molar-refractivity contribution in [1.29, 1.82) is 0 Å². The van der Waals surface area contributed by atoms with E-state index in [0.717, 1.165) is 18.4 Å². The van der Waals surface area contributed by atoms with Crippen LogP contribution in [0.4, 0.5) is 0 Å². The number of unbranched alkanes of at least 4 members (excludes halogenated alkanes) is 17. The maximum Gasteiger partial charge on any atom is 0.334 e. The van der Waals surface area contributed by atoms with Crippen molar-refractivity contribution in [2.45, 2.75) is 205 Å². The molecule has 3 rings (SSSR count). The normalized spacial score (nSPS) is 25.2. The fraction of sp³-hybridized carbons (Fsp3) is 0.865. The fourth-order valence-electron chi connectivity index (χ4n) is 6.49. The summed E-state index contributed by atoms with van der Waals surface area (Å²) in [5.74, 6) is -0.0995. The molecular weight excluding hydrogens is 508 g/mol. The van der Waals surface area contributed by atoms with Crippen LogP contribution in [0, 0.1) is 0 Å². The Kier molecular flexibility index (Phi) is 18.1. The Labute approximate surface area is 253 Å². The van der Waals surface area contributed by atoms with Gasteiger partial charge >= 0.3 is 5.97 Å². The quantitative estimate of drug-likeness (QED) is 0.0405. The van der Waals surface area contributed by atoms with Crippen LogP contribution in [-0.4, -0.2) is 36.5 Å². The monoisotopic (exact) mass is 572 g/mol. The van der Waals surface area contributed by atoms with Crippen molar-refractivity contribution in [3.8, 4) is 0 Å². The molecule has 236 valence electrons. The Morgan fingerprint density at radius 2 is 1.07 bits per heavy atom. The maximum atomic E-state index is 11.6. The number of ether oxygens (including phenoxy) is 3. The lowest BCUT2D eigenvalue weighted by Crippen LogP contribution is -2.03. The molecule has 0 aromatic rings. The molecule has 0 aliphatic carbocycles. The van der Waals surface area contributed by atoms with Gasteiger partial charge in [-0.05, 0) is 70.8 Å². The second-order valence-electron chi connectivity index (χ2n) is 13.2. The van der Waals surface area contributed by atoms with Gasteiger partial charge in [0.1, 0.15) is 6.10 Å². The number of allylic oxidation sites excluding steroid dienone is 2. The first kappa shape index (κ1) is 34.4. The van der Waals surface area contributed by atoms with E-state index >= 15 is 0 Å². The van der Waals surface area contributed by atoms with Gasteiger partial charge in [-0.25, -0.2) is 4.79 Å². The number of carbonyl (C=O) groups is 1. The smallest absolute Gasteiger partial charge is 0.334 e. The number of rotatable bonds is 28. The van der Waals surface area contributed by atoms with Crippen LogP contribution in [0.15, 0.2) is 23.8 Å². The SMILES string of the molecule is CCCCCCCCCCCCC=CCCC1OC1CCC1OC1CCCCCCCCCCC1=CC(C)OC1=O. The van der Waals surface area contributed by atoms with Crippen LogP contribution in [0.25, 0.3) is 0 Å². The van der Waals surface area contributed by atoms with Crippen molar-refractivity contribution in [2.24, 2.45) is 0 Å². The minimum absolute atomic E-state index is 0.0280. The number of carbonyl (C=O) groups excluding carboxylic acids is 1. The molecule has 0 spiro atoms. The van der Waals surface area contributed by atoms with Gasteiger partial charge in [0.25, 0.3) is 0 Å². The predicted octanol–water partition coefficient (Wildman–Crippen LogP) is 10.7. The largest absolute Gasteiger partial charge is 0.455 e. The van der Waals surface area contributed by atoms with Crippen LogP contribution >= 0.6 is 0 Å². The van der Waals surface area contributed by atoms with Gasteiger partial charge in [-0.15, -0.1) is 0 Å². The van der Waals surface area contributed by atoms with Crippen molar-refractivity contribution in [3.63, 3.8) is 0 Å². The average Bonchev–Trinajstić information content (AvgIpc) is 3.87. The van der Waals surface area contributed by atoms with E-state index in [9.17, 15) is 4.79 Å². The average molecular weight is 573 g/mol. The van der Waals surface area contributed by atoms with E-state index in [-0.39, 0.29) is 12.1 Å². The molecule has 0 bridgehead atoms. The summed E-state index contributed by atoms with van der Waals surface area (Å²) in [6.45, 7) is 4.22. The lowest BCUT2D eigenvalue weighted by molar-refractivity contribution is -0.139. The number of cyclic esters (lactones) is 1. The Hall–Kier alpha value is -1.13. The Morgan fingerprint density at radius 1 is 0.585 bits per heavy atom. The van der Waals surface area contributed by atoms with Gasteiger partial charge in [0.05, 0.1) is 24.4 Å². The third kappa shape index (κ3) is 16.3. The number of hydrogen-bond donors (Lipinski definition) is 0. The Balaban J connectivity index is 0.999. The molecule has 4 nitrogen and oxygen atoms in total. The Bertz CT molecular complexity index is 743. The molecule has 5 atom stereocenters. The molecule has 3 aliphatic heterocycles. The van der Waals surface area contributed by atoms with Crippen LogP contribution in [0.2, 0.25) is 0 Å². The van der Waals surface area contributed by atoms with Crippen molar-refractivity contribution in [3.05, 3.63) is 23.8 Å². The summed E-state index contributed by atoms with van der Waals surface area (Å²) in [5, 5.41) is 0. The van der Waals surface area contributed by atoms with Gasteiger partial charge in [-0.2, -0.15) is 0 Å². The highest BCUT2D eigenvalue weighted by Crippen LogP contribution is 2.36. The second kappa shape index (κ2) is 21.5. The summed E-state index contributed by atoms with van der Waals surface area (Å²) in [6, 6.07) is 0. The third-order valence-corrected chi connectivity index (χ3v) is 9.30. The first-order valence-electron chi connectivity index (χ1n) is 18.0. The standard InChI is InChI=1S/C37H64O4/c1-3-4-5-6-7-8-9-10-11-12-13-17-20-23-26-33-35(40-33)28-29-36-34(41-36)27-24-21-18-15-14-16-19-22-25-32-30-31(2)39-37(32)38/h17,20,30-31,33-36H,3-16,18-19,21-29H2,1-2H3. The highest BCUT2D eigenvalue weighted by Gasteiger charge is 2.42. The zero-order chi connectivity index (χ0) is 29.0. The number of esters is 1. The molecule has 0 aromatic heterocycles. The van der Waals surface area contributed by atoms with Crippen LogP contribution in [0.1, 0.15) is 174 Å². The molecule has 0 amide bonds. The summed E-state index contributed by atoms with van der Waals surface area (Å²) in [6.07, 6.45) is 41.3. The number of hydrogen-bond acceptors (Lipinski definition) is 4. The van der Waals surface area contributed by atoms with Gasteiger partial charge < -0.3 is 14.2 Å². The van der Waals surface area contributed by atoms with Crippen molar-refractivity contribution >= 4 is 5.97 Å². The zero-order valence-electron chi connectivity index (χ0n) is 26.9. The fourth-order valence-corrected chi connectivity index (χ4v) is 6.49. The highest BCUT2D eigenvalue weighted by molar-refractivity contribution is 5.90. The van der Waals surface area contributed by atoms with E-state index in [2.05, 4.69) is 19.1 Å². The molecule has 5 unspecified atom stereocenters. The molecule has 2 saturated heterocycles. The summed E-state index contributed by atoms with van der Waals surface area (Å²) in [7, 11) is 0. The van der Waals surface area contributed by atoms with Crippen LogP contribution < -0.4 is 0 Å². The molecule has 2 fully saturated rings. The van der Waals surface area contributed by atoms with Crippen molar-refractivity contribution < 1.29 is 19.0 Å². The summed E-state index contributed by atoms with van der Waals surface area (Å²) < 4.78 is 17.0. The third-order valence-electron chi connectivity index (χ3n) is 9.30. The molecule has 0 N–H and O–H groups in total. The first-order chi connectivity index (χ1) is 20.2. The molecule has 41 heavy (non-hydrogen) atoms. The minimum Gasteiger partial charge on any atom is -0.455 e. The molecule has 3 heterocycles. The zero-order valence-corrected chi connectivity index (χ0v) is 26.9. The van der Waals surface area contributed by atoms with E-state index in [4.69, 9.17) is 14.2 Å². The van der Waals surface area contributed by atoms with Gasteiger partial charge in [0, 0.05) is 5.57 Å².